The Morgan fingerprint density at radius 1 is 0.895 bits per heavy atom. The monoisotopic (exact) mass is 328 g/mol. The molecule has 0 radical (unpaired) electrons. The molecule has 0 aliphatic carbocycles. The highest BCUT2D eigenvalue weighted by molar-refractivity contribution is 9.10. The van der Waals surface area contributed by atoms with Gasteiger partial charge in [0.15, 0.2) is 11.6 Å². The fourth-order valence-electron chi connectivity index (χ4n) is 1.43. The van der Waals surface area contributed by atoms with Crippen LogP contribution in [0, 0.1) is 11.6 Å². The van der Waals surface area contributed by atoms with Gasteiger partial charge in [-0.3, -0.25) is 0 Å². The van der Waals surface area contributed by atoms with Gasteiger partial charge in [0, 0.05) is 10.5 Å². The zero-order chi connectivity index (χ0) is 13.7. The molecule has 2 aromatic carbocycles. The van der Waals surface area contributed by atoms with E-state index in [9.17, 15) is 8.78 Å². The van der Waals surface area contributed by atoms with E-state index in [-0.39, 0.29) is 19.0 Å². The van der Waals surface area contributed by atoms with E-state index in [1.54, 1.807) is 12.1 Å². The Morgan fingerprint density at radius 3 is 2.32 bits per heavy atom. The summed E-state index contributed by atoms with van der Waals surface area (Å²) in [5, 5.41) is 0. The molecule has 0 unspecified atom stereocenters. The van der Waals surface area contributed by atoms with Crippen LogP contribution in [0.15, 0.2) is 46.9 Å². The number of benzene rings is 2. The second-order valence-corrected chi connectivity index (χ2v) is 4.64. The summed E-state index contributed by atoms with van der Waals surface area (Å²) in [6.07, 6.45) is 0. The molecule has 100 valence electrons. The fourth-order valence-corrected chi connectivity index (χ4v) is 1.69. The Hall–Kier alpha value is -1.62. The van der Waals surface area contributed by atoms with Crippen LogP contribution in [0.5, 0.6) is 11.5 Å². The number of rotatable bonds is 5. The van der Waals surface area contributed by atoms with Gasteiger partial charge in [-0.25, -0.2) is 8.78 Å². The van der Waals surface area contributed by atoms with Crippen LogP contribution in [0.4, 0.5) is 8.78 Å². The molecule has 0 fully saturated rings. The molecule has 0 amide bonds. The topological polar surface area (TPSA) is 18.5 Å². The summed E-state index contributed by atoms with van der Waals surface area (Å²) in [7, 11) is 0. The Morgan fingerprint density at radius 2 is 1.58 bits per heavy atom. The third-order valence-electron chi connectivity index (χ3n) is 2.32. The highest BCUT2D eigenvalue weighted by atomic mass is 79.9. The van der Waals surface area contributed by atoms with E-state index < -0.39 is 11.6 Å². The van der Waals surface area contributed by atoms with Crippen LogP contribution in [0.2, 0.25) is 0 Å². The Bertz CT molecular complexity index is 544. The zero-order valence-corrected chi connectivity index (χ0v) is 11.5. The van der Waals surface area contributed by atoms with E-state index in [0.29, 0.717) is 5.75 Å². The lowest BCUT2D eigenvalue weighted by atomic mass is 10.3. The van der Waals surface area contributed by atoms with Crippen molar-refractivity contribution < 1.29 is 18.3 Å². The second kappa shape index (κ2) is 6.52. The van der Waals surface area contributed by atoms with Gasteiger partial charge in [0.1, 0.15) is 24.8 Å². The largest absolute Gasteiger partial charge is 0.490 e. The van der Waals surface area contributed by atoms with Gasteiger partial charge in [0.05, 0.1) is 0 Å². The Kier molecular flexibility index (Phi) is 4.74. The molecule has 0 bridgehead atoms. The normalized spacial score (nSPS) is 10.3. The summed E-state index contributed by atoms with van der Waals surface area (Å²) in [5.41, 5.74) is 0. The lowest BCUT2D eigenvalue weighted by Gasteiger charge is -2.09. The molecule has 0 aromatic heterocycles. The molecule has 0 aliphatic rings. The first-order valence-electron chi connectivity index (χ1n) is 5.61. The Labute approximate surface area is 118 Å². The summed E-state index contributed by atoms with van der Waals surface area (Å²) >= 11 is 3.32. The van der Waals surface area contributed by atoms with Gasteiger partial charge >= 0.3 is 0 Å². The lowest BCUT2D eigenvalue weighted by Crippen LogP contribution is -2.09. The Balaban J connectivity index is 1.80. The summed E-state index contributed by atoms with van der Waals surface area (Å²) in [5.74, 6) is -0.554. The van der Waals surface area contributed by atoms with E-state index in [1.807, 2.05) is 12.1 Å². The SMILES string of the molecule is Fc1ccc(F)c(OCCOc2ccc(Br)cc2)c1. The molecule has 5 heteroatoms. The molecule has 0 spiro atoms. The molecular formula is C14H11BrF2O2. The van der Waals surface area contributed by atoms with Gasteiger partial charge in [-0.2, -0.15) is 0 Å². The molecule has 2 rings (SSSR count). The minimum Gasteiger partial charge on any atom is -0.490 e. The second-order valence-electron chi connectivity index (χ2n) is 3.73. The van der Waals surface area contributed by atoms with Crippen molar-refractivity contribution in [1.29, 1.82) is 0 Å². The zero-order valence-electron chi connectivity index (χ0n) is 9.91. The van der Waals surface area contributed by atoms with Gasteiger partial charge in [0.2, 0.25) is 0 Å². The van der Waals surface area contributed by atoms with E-state index in [4.69, 9.17) is 9.47 Å². The molecule has 0 N–H and O–H groups in total. The smallest absolute Gasteiger partial charge is 0.165 e. The highest BCUT2D eigenvalue weighted by Crippen LogP contribution is 2.18. The van der Waals surface area contributed by atoms with Crippen LogP contribution < -0.4 is 9.47 Å². The average molecular weight is 329 g/mol. The number of halogens is 3. The molecule has 2 aromatic rings. The first-order valence-corrected chi connectivity index (χ1v) is 6.40. The van der Waals surface area contributed by atoms with E-state index in [0.717, 1.165) is 22.7 Å². The van der Waals surface area contributed by atoms with Crippen molar-refractivity contribution in [2.24, 2.45) is 0 Å². The lowest BCUT2D eigenvalue weighted by molar-refractivity contribution is 0.211. The van der Waals surface area contributed by atoms with E-state index >= 15 is 0 Å². The van der Waals surface area contributed by atoms with E-state index in [1.165, 1.54) is 0 Å². The molecular weight excluding hydrogens is 318 g/mol. The molecule has 0 aliphatic heterocycles. The van der Waals surface area contributed by atoms with Gasteiger partial charge in [-0.15, -0.1) is 0 Å². The van der Waals surface area contributed by atoms with E-state index in [2.05, 4.69) is 15.9 Å². The summed E-state index contributed by atoms with van der Waals surface area (Å²) in [6.45, 7) is 0.383. The minimum atomic E-state index is -0.593. The van der Waals surface area contributed by atoms with Crippen molar-refractivity contribution in [2.45, 2.75) is 0 Å². The van der Waals surface area contributed by atoms with Crippen LogP contribution in [-0.2, 0) is 0 Å². The molecule has 0 heterocycles. The molecule has 2 nitrogen and oxygen atoms in total. The predicted molar refractivity (Wildman–Crippen MR) is 71.5 cm³/mol. The standard InChI is InChI=1S/C14H11BrF2O2/c15-10-1-4-12(5-2-10)18-7-8-19-14-9-11(16)3-6-13(14)17/h1-6,9H,7-8H2. The maximum atomic E-state index is 13.2. The maximum Gasteiger partial charge on any atom is 0.165 e. The van der Waals surface area contributed by atoms with Crippen molar-refractivity contribution in [3.63, 3.8) is 0 Å². The number of hydrogen-bond acceptors (Lipinski definition) is 2. The quantitative estimate of drug-likeness (QED) is 0.766. The van der Waals surface area contributed by atoms with Gasteiger partial charge in [-0.1, -0.05) is 15.9 Å². The number of ether oxygens (including phenoxy) is 2. The van der Waals surface area contributed by atoms with Crippen LogP contribution in [0.1, 0.15) is 0 Å². The highest BCUT2D eigenvalue weighted by Gasteiger charge is 2.04. The van der Waals surface area contributed by atoms with Gasteiger partial charge in [-0.05, 0) is 36.4 Å². The minimum absolute atomic E-state index is 0.112. The third kappa shape index (κ3) is 4.21. The average Bonchev–Trinajstić information content (AvgIpc) is 2.40. The van der Waals surface area contributed by atoms with Crippen LogP contribution in [-0.4, -0.2) is 13.2 Å². The fraction of sp³-hybridized carbons (Fsp3) is 0.143. The van der Waals surface area contributed by atoms with Crippen LogP contribution >= 0.6 is 15.9 Å². The number of hydrogen-bond donors (Lipinski definition) is 0. The first-order chi connectivity index (χ1) is 9.15. The van der Waals surface area contributed by atoms with Crippen molar-refractivity contribution >= 4 is 15.9 Å². The summed E-state index contributed by atoms with van der Waals surface area (Å²) < 4.78 is 37.6. The summed E-state index contributed by atoms with van der Waals surface area (Å²) in [4.78, 5) is 0. The third-order valence-corrected chi connectivity index (χ3v) is 2.85. The van der Waals surface area contributed by atoms with Crippen LogP contribution in [0.3, 0.4) is 0 Å². The van der Waals surface area contributed by atoms with Crippen molar-refractivity contribution in [3.8, 4) is 11.5 Å². The van der Waals surface area contributed by atoms with Crippen molar-refractivity contribution in [3.05, 3.63) is 58.6 Å². The van der Waals surface area contributed by atoms with Gasteiger partial charge < -0.3 is 9.47 Å². The molecule has 19 heavy (non-hydrogen) atoms. The maximum absolute atomic E-state index is 13.2. The van der Waals surface area contributed by atoms with Gasteiger partial charge in [0.25, 0.3) is 0 Å². The first kappa shape index (κ1) is 13.8. The predicted octanol–water partition coefficient (Wildman–Crippen LogP) is 4.19. The molecule has 0 saturated heterocycles. The van der Waals surface area contributed by atoms with Crippen molar-refractivity contribution in [2.75, 3.05) is 13.2 Å². The molecule has 0 atom stereocenters. The van der Waals surface area contributed by atoms with Crippen LogP contribution in [0.25, 0.3) is 0 Å². The van der Waals surface area contributed by atoms with Crippen molar-refractivity contribution in [1.82, 2.24) is 0 Å². The molecule has 0 saturated carbocycles. The summed E-state index contributed by atoms with van der Waals surface area (Å²) in [6, 6.07) is 10.4.